The molecule has 1 amide bonds. The lowest BCUT2D eigenvalue weighted by Crippen LogP contribution is -2.51. The lowest BCUT2D eigenvalue weighted by molar-refractivity contribution is -0.119. The van der Waals surface area contributed by atoms with Crippen LogP contribution in [0.4, 0.5) is 5.69 Å². The molecule has 1 aromatic carbocycles. The maximum absolute atomic E-state index is 12.3. The number of nitrogens with one attached hydrogen (secondary N) is 2. The molecule has 1 heterocycles. The van der Waals surface area contributed by atoms with Crippen LogP contribution in [0.15, 0.2) is 18.2 Å². The second-order valence-corrected chi connectivity index (χ2v) is 7.84. The van der Waals surface area contributed by atoms with Gasteiger partial charge in [-0.15, -0.1) is 0 Å². The lowest BCUT2D eigenvalue weighted by Gasteiger charge is -2.26. The second kappa shape index (κ2) is 4.85. The molecule has 0 radical (unpaired) electrons. The minimum absolute atomic E-state index is 0.344. The minimum atomic E-state index is -1.68. The molecule has 1 aliphatic rings. The highest BCUT2D eigenvalue weighted by molar-refractivity contribution is 7.84. The number of nitriles is 1. The van der Waals surface area contributed by atoms with Crippen molar-refractivity contribution < 1.29 is 9.00 Å². The number of carbonyl (C=O) groups excluding carboxylic acids is 1. The average molecular weight is 312 g/mol. The van der Waals surface area contributed by atoms with E-state index in [1.165, 1.54) is 0 Å². The van der Waals surface area contributed by atoms with Gasteiger partial charge >= 0.3 is 0 Å². The van der Waals surface area contributed by atoms with Crippen LogP contribution in [-0.2, 0) is 21.3 Å². The van der Waals surface area contributed by atoms with E-state index < -0.39 is 27.2 Å². The molecule has 7 heteroatoms. The van der Waals surface area contributed by atoms with Crippen LogP contribution in [0.3, 0.4) is 0 Å². The number of hydrogen-bond donors (Lipinski definition) is 2. The molecule has 0 bridgehead atoms. The fourth-order valence-electron chi connectivity index (χ4n) is 1.82. The average Bonchev–Trinajstić information content (AvgIpc) is 2.64. The molecule has 2 rings (SSSR count). The Balaban J connectivity index is 2.54. The molecule has 5 nitrogen and oxygen atoms in total. The summed E-state index contributed by atoms with van der Waals surface area (Å²) in [5, 5.41) is 12.4. The Kier molecular flexibility index (Phi) is 3.63. The Morgan fingerprint density at radius 3 is 2.65 bits per heavy atom. The van der Waals surface area contributed by atoms with Crippen molar-refractivity contribution in [2.24, 2.45) is 0 Å². The third-order valence-electron chi connectivity index (χ3n) is 2.97. The highest BCUT2D eigenvalue weighted by Gasteiger charge is 2.50. The van der Waals surface area contributed by atoms with Gasteiger partial charge in [0.25, 0.3) is 5.91 Å². The Morgan fingerprint density at radius 1 is 1.45 bits per heavy atom. The number of hydrogen-bond acceptors (Lipinski definition) is 3. The Labute approximate surface area is 124 Å². The third kappa shape index (κ3) is 2.22. The number of nitrogens with zero attached hydrogens (tertiary/aromatic N) is 1. The highest BCUT2D eigenvalue weighted by Crippen LogP contribution is 2.40. The molecule has 0 aliphatic carbocycles. The summed E-state index contributed by atoms with van der Waals surface area (Å²) in [5.74, 6) is -0.569. The molecule has 106 valence electrons. The summed E-state index contributed by atoms with van der Waals surface area (Å²) < 4.78 is 14.3. The summed E-state index contributed by atoms with van der Waals surface area (Å²) in [4.78, 5) is 12.2. The number of halogens is 1. The number of rotatable bonds is 2. The molecule has 0 spiro atoms. The number of amides is 1. The first-order valence-electron chi connectivity index (χ1n) is 5.94. The van der Waals surface area contributed by atoms with E-state index in [0.717, 1.165) is 0 Å². The van der Waals surface area contributed by atoms with Crippen molar-refractivity contribution in [3.05, 3.63) is 28.8 Å². The summed E-state index contributed by atoms with van der Waals surface area (Å²) in [6.07, 6.45) is 0. The van der Waals surface area contributed by atoms with Crippen LogP contribution in [0.1, 0.15) is 26.3 Å². The van der Waals surface area contributed by atoms with Crippen LogP contribution in [0.2, 0.25) is 5.02 Å². The van der Waals surface area contributed by atoms with Gasteiger partial charge < -0.3 is 5.32 Å². The van der Waals surface area contributed by atoms with Gasteiger partial charge in [-0.25, -0.2) is 8.93 Å². The molecule has 1 aromatic rings. The normalized spacial score (nSPS) is 22.9. The fourth-order valence-corrected chi connectivity index (χ4v) is 2.87. The fraction of sp³-hybridized carbons (Fsp3) is 0.385. The summed E-state index contributed by atoms with van der Waals surface area (Å²) in [6.45, 7) is 5.27. The van der Waals surface area contributed by atoms with Crippen LogP contribution in [0, 0.1) is 11.3 Å². The Morgan fingerprint density at radius 2 is 2.10 bits per heavy atom. The molecule has 0 saturated heterocycles. The quantitative estimate of drug-likeness (QED) is 0.877. The van der Waals surface area contributed by atoms with Gasteiger partial charge in [0, 0.05) is 5.56 Å². The lowest BCUT2D eigenvalue weighted by atomic mass is 9.94. The molecule has 0 fully saturated rings. The maximum Gasteiger partial charge on any atom is 0.265 e. The van der Waals surface area contributed by atoms with Gasteiger partial charge in [0.1, 0.15) is 6.07 Å². The van der Waals surface area contributed by atoms with Gasteiger partial charge in [0.05, 0.1) is 26.4 Å². The summed E-state index contributed by atoms with van der Waals surface area (Å²) >= 11 is 6.02. The van der Waals surface area contributed by atoms with E-state index in [-0.39, 0.29) is 0 Å². The summed E-state index contributed by atoms with van der Waals surface area (Å²) in [7, 11) is -1.58. The van der Waals surface area contributed by atoms with Gasteiger partial charge in [0.2, 0.25) is 5.54 Å². The van der Waals surface area contributed by atoms with Crippen LogP contribution >= 0.6 is 11.6 Å². The van der Waals surface area contributed by atoms with E-state index in [1.54, 1.807) is 39.0 Å². The van der Waals surface area contributed by atoms with E-state index in [2.05, 4.69) is 10.0 Å². The zero-order valence-electron chi connectivity index (χ0n) is 11.3. The Hall–Kier alpha value is -1.42. The SMILES string of the molecule is CC(C)(C)S(=O)N[C@@]1(C#N)C(=O)Nc2c(Cl)cccc21. The van der Waals surface area contributed by atoms with Crippen molar-refractivity contribution in [2.45, 2.75) is 31.1 Å². The third-order valence-corrected chi connectivity index (χ3v) is 4.89. The minimum Gasteiger partial charge on any atom is -0.322 e. The monoisotopic (exact) mass is 311 g/mol. The molecular weight excluding hydrogens is 298 g/mol. The second-order valence-electron chi connectivity index (χ2n) is 5.46. The largest absolute Gasteiger partial charge is 0.322 e. The van der Waals surface area contributed by atoms with Crippen LogP contribution < -0.4 is 10.0 Å². The molecule has 1 aliphatic heterocycles. The molecule has 2 N–H and O–H groups in total. The van der Waals surface area contributed by atoms with E-state index in [1.807, 2.05) is 6.07 Å². The van der Waals surface area contributed by atoms with Gasteiger partial charge in [-0.3, -0.25) is 4.79 Å². The van der Waals surface area contributed by atoms with E-state index in [0.29, 0.717) is 16.3 Å². The number of fused-ring (bicyclic) bond motifs is 1. The molecule has 2 atom stereocenters. The van der Waals surface area contributed by atoms with E-state index >= 15 is 0 Å². The topological polar surface area (TPSA) is 82.0 Å². The van der Waals surface area contributed by atoms with Gasteiger partial charge in [0.15, 0.2) is 0 Å². The predicted molar refractivity (Wildman–Crippen MR) is 78.4 cm³/mol. The first-order valence-corrected chi connectivity index (χ1v) is 7.46. The summed E-state index contributed by atoms with van der Waals surface area (Å²) in [6, 6.07) is 6.83. The van der Waals surface area contributed by atoms with Gasteiger partial charge in [-0.1, -0.05) is 23.7 Å². The Bertz CT molecular complexity index is 648. The molecule has 0 aromatic heterocycles. The van der Waals surface area contributed by atoms with Gasteiger partial charge in [-0.05, 0) is 26.8 Å². The smallest absolute Gasteiger partial charge is 0.265 e. The molecule has 1 unspecified atom stereocenters. The van der Waals surface area contributed by atoms with Crippen molar-refractivity contribution in [2.75, 3.05) is 5.32 Å². The van der Waals surface area contributed by atoms with Crippen LogP contribution in [-0.4, -0.2) is 14.9 Å². The first kappa shape index (κ1) is 15.0. The standard InChI is InChI=1S/C13H14ClN3O2S/c1-12(2,3)20(19)17-13(7-15)8-5-4-6-9(14)10(8)16-11(13)18/h4-6,17H,1-3H3,(H,16,18)/t13-,20?/m1/s1. The van der Waals surface area contributed by atoms with Crippen molar-refractivity contribution in [3.8, 4) is 6.07 Å². The van der Waals surface area contributed by atoms with Crippen LogP contribution in [0.5, 0.6) is 0 Å². The number of anilines is 1. The van der Waals surface area contributed by atoms with E-state index in [4.69, 9.17) is 11.6 Å². The number of para-hydroxylation sites is 1. The predicted octanol–water partition coefficient (Wildman–Crippen LogP) is 2.06. The van der Waals surface area contributed by atoms with Crippen molar-refractivity contribution in [1.29, 1.82) is 5.26 Å². The molecule has 20 heavy (non-hydrogen) atoms. The zero-order valence-corrected chi connectivity index (χ0v) is 12.9. The summed E-state index contributed by atoms with van der Waals surface area (Å²) in [5.41, 5.74) is -0.896. The number of benzene rings is 1. The highest BCUT2D eigenvalue weighted by atomic mass is 35.5. The van der Waals surface area contributed by atoms with Crippen LogP contribution in [0.25, 0.3) is 0 Å². The zero-order chi connectivity index (χ0) is 15.1. The van der Waals surface area contributed by atoms with Crippen molar-refractivity contribution in [3.63, 3.8) is 0 Å². The first-order chi connectivity index (χ1) is 9.22. The molecular formula is C13H14ClN3O2S. The number of carbonyl (C=O) groups is 1. The van der Waals surface area contributed by atoms with Crippen molar-refractivity contribution in [1.82, 2.24) is 4.72 Å². The van der Waals surface area contributed by atoms with E-state index in [9.17, 15) is 14.3 Å². The maximum atomic E-state index is 12.3. The van der Waals surface area contributed by atoms with Crippen molar-refractivity contribution >= 4 is 34.2 Å². The van der Waals surface area contributed by atoms with Gasteiger partial charge in [-0.2, -0.15) is 5.26 Å². The molecule has 0 saturated carbocycles.